The Labute approximate surface area is 191 Å². The minimum atomic E-state index is -0.288. The molecular formula is C22H27ClFN7O. The van der Waals surface area contributed by atoms with Gasteiger partial charge in [0.25, 0.3) is 0 Å². The van der Waals surface area contributed by atoms with Gasteiger partial charge in [-0.3, -0.25) is 5.10 Å². The number of anilines is 3. The third kappa shape index (κ3) is 5.93. The number of rotatable bonds is 11. The first-order chi connectivity index (χ1) is 15.5. The number of hydrogen-bond donors (Lipinski definition) is 4. The number of H-pyrrole nitrogens is 1. The predicted octanol–water partition coefficient (Wildman–Crippen LogP) is 4.08. The van der Waals surface area contributed by atoms with Gasteiger partial charge in [0.05, 0.1) is 18.8 Å². The molecule has 1 aliphatic rings. The number of aliphatic hydroxyl groups is 1. The molecule has 1 aromatic carbocycles. The molecule has 2 aromatic heterocycles. The highest BCUT2D eigenvalue weighted by molar-refractivity contribution is 6.32. The molecule has 1 fully saturated rings. The number of likely N-dealkylation sites (N-methyl/N-ethyl adjacent to an activating group) is 1. The molecule has 0 amide bonds. The normalized spacial score (nSPS) is 14.5. The molecule has 0 saturated heterocycles. The fraction of sp³-hybridized carbons (Fsp3) is 0.409. The molecule has 0 radical (unpaired) electrons. The summed E-state index contributed by atoms with van der Waals surface area (Å²) in [5, 5.41) is 23.4. The smallest absolute Gasteiger partial charge is 0.225 e. The highest BCUT2D eigenvalue weighted by Gasteiger charge is 2.25. The Hall–Kier alpha value is -2.75. The van der Waals surface area contributed by atoms with E-state index in [0.717, 1.165) is 17.8 Å². The van der Waals surface area contributed by atoms with Gasteiger partial charge >= 0.3 is 0 Å². The Kier molecular flexibility index (Phi) is 7.19. The van der Waals surface area contributed by atoms with Crippen molar-refractivity contribution in [3.05, 3.63) is 58.6 Å². The molecule has 10 heteroatoms. The van der Waals surface area contributed by atoms with Crippen LogP contribution in [0.5, 0.6) is 0 Å². The van der Waals surface area contributed by atoms with Gasteiger partial charge in [-0.1, -0.05) is 23.7 Å². The highest BCUT2D eigenvalue weighted by atomic mass is 35.5. The largest absolute Gasteiger partial charge is 0.395 e. The van der Waals surface area contributed by atoms with E-state index in [4.69, 9.17) is 16.7 Å². The zero-order valence-corrected chi connectivity index (χ0v) is 18.6. The standard InChI is InChI=1S/C22H27ClFN7O/c1-31(10-11-32)9-8-18(14-4-6-16(24)7-5-14)26-22-25-13-17(23)21(28-22)27-20-12-19(29-30-20)15-2-3-15/h4-7,12-13,15,18,32H,2-3,8-11H2,1H3,(H3,25,26,27,28,29,30)/t18-/m0/s1. The second-order valence-corrected chi connectivity index (χ2v) is 8.47. The van der Waals surface area contributed by atoms with Crippen molar-refractivity contribution in [3.8, 4) is 0 Å². The van der Waals surface area contributed by atoms with Gasteiger partial charge in [0.1, 0.15) is 10.8 Å². The van der Waals surface area contributed by atoms with Crippen LogP contribution in [0.3, 0.4) is 0 Å². The number of nitrogens with zero attached hydrogens (tertiary/aromatic N) is 4. The zero-order chi connectivity index (χ0) is 22.5. The Morgan fingerprint density at radius 2 is 2.06 bits per heavy atom. The van der Waals surface area contributed by atoms with Crippen LogP contribution in [0.25, 0.3) is 0 Å². The molecule has 1 aliphatic carbocycles. The van der Waals surface area contributed by atoms with Crippen LogP contribution in [-0.2, 0) is 0 Å². The molecule has 4 rings (SSSR count). The fourth-order valence-electron chi connectivity index (χ4n) is 3.45. The van der Waals surface area contributed by atoms with E-state index in [2.05, 4.69) is 30.8 Å². The average Bonchev–Trinajstić information content (AvgIpc) is 3.53. The van der Waals surface area contributed by atoms with E-state index in [1.807, 2.05) is 18.0 Å². The van der Waals surface area contributed by atoms with Crippen LogP contribution in [0, 0.1) is 5.82 Å². The van der Waals surface area contributed by atoms with E-state index in [1.54, 1.807) is 12.1 Å². The minimum Gasteiger partial charge on any atom is -0.395 e. The summed E-state index contributed by atoms with van der Waals surface area (Å²) < 4.78 is 13.4. The molecule has 4 N–H and O–H groups in total. The van der Waals surface area contributed by atoms with Crippen molar-refractivity contribution in [2.75, 3.05) is 37.4 Å². The topological polar surface area (TPSA) is 102 Å². The minimum absolute atomic E-state index is 0.0934. The molecule has 0 bridgehead atoms. The van der Waals surface area contributed by atoms with Crippen molar-refractivity contribution in [3.63, 3.8) is 0 Å². The van der Waals surface area contributed by atoms with Crippen LogP contribution in [0.4, 0.5) is 22.0 Å². The number of aliphatic hydroxyl groups excluding tert-OH is 1. The average molecular weight is 460 g/mol. The lowest BCUT2D eigenvalue weighted by atomic mass is 10.0. The maximum Gasteiger partial charge on any atom is 0.225 e. The van der Waals surface area contributed by atoms with Gasteiger partial charge in [-0.2, -0.15) is 10.1 Å². The van der Waals surface area contributed by atoms with Crippen molar-refractivity contribution in [1.29, 1.82) is 0 Å². The number of hydrogen-bond acceptors (Lipinski definition) is 7. The molecular weight excluding hydrogens is 433 g/mol. The molecule has 0 unspecified atom stereocenters. The van der Waals surface area contributed by atoms with E-state index >= 15 is 0 Å². The Morgan fingerprint density at radius 3 is 2.78 bits per heavy atom. The Balaban J connectivity index is 1.49. The Bertz CT molecular complexity index is 1030. The summed E-state index contributed by atoms with van der Waals surface area (Å²) in [5.74, 6) is 1.78. The molecule has 32 heavy (non-hydrogen) atoms. The fourth-order valence-corrected chi connectivity index (χ4v) is 3.59. The van der Waals surface area contributed by atoms with Crippen LogP contribution in [0.15, 0.2) is 36.5 Å². The van der Waals surface area contributed by atoms with Gasteiger partial charge in [-0.05, 0) is 44.0 Å². The molecule has 0 aliphatic heterocycles. The number of aromatic nitrogens is 4. The lowest BCUT2D eigenvalue weighted by Crippen LogP contribution is -2.26. The van der Waals surface area contributed by atoms with Crippen molar-refractivity contribution in [2.24, 2.45) is 0 Å². The molecule has 2 heterocycles. The van der Waals surface area contributed by atoms with Crippen molar-refractivity contribution < 1.29 is 9.50 Å². The zero-order valence-electron chi connectivity index (χ0n) is 17.9. The van der Waals surface area contributed by atoms with Crippen LogP contribution < -0.4 is 10.6 Å². The van der Waals surface area contributed by atoms with E-state index in [-0.39, 0.29) is 18.5 Å². The van der Waals surface area contributed by atoms with Gasteiger partial charge in [0.2, 0.25) is 5.95 Å². The lowest BCUT2D eigenvalue weighted by molar-refractivity contribution is 0.218. The van der Waals surface area contributed by atoms with Crippen molar-refractivity contribution in [1.82, 2.24) is 25.1 Å². The third-order valence-electron chi connectivity index (χ3n) is 5.46. The molecule has 0 spiro atoms. The quantitative estimate of drug-likeness (QED) is 0.342. The summed E-state index contributed by atoms with van der Waals surface area (Å²) >= 11 is 6.31. The van der Waals surface area contributed by atoms with E-state index in [1.165, 1.54) is 31.2 Å². The van der Waals surface area contributed by atoms with Crippen molar-refractivity contribution in [2.45, 2.75) is 31.2 Å². The summed E-state index contributed by atoms with van der Waals surface area (Å²) in [6, 6.07) is 8.19. The lowest BCUT2D eigenvalue weighted by Gasteiger charge is -2.23. The summed E-state index contributed by atoms with van der Waals surface area (Å²) in [6.45, 7) is 1.40. The first-order valence-electron chi connectivity index (χ1n) is 10.7. The first-order valence-corrected chi connectivity index (χ1v) is 11.1. The molecule has 3 aromatic rings. The monoisotopic (exact) mass is 459 g/mol. The van der Waals surface area contributed by atoms with E-state index in [0.29, 0.717) is 41.5 Å². The van der Waals surface area contributed by atoms with Crippen LogP contribution in [0.2, 0.25) is 5.02 Å². The van der Waals surface area contributed by atoms with E-state index < -0.39 is 0 Å². The van der Waals surface area contributed by atoms with Crippen molar-refractivity contribution >= 4 is 29.2 Å². The second kappa shape index (κ2) is 10.2. The number of aromatic amines is 1. The molecule has 1 saturated carbocycles. The van der Waals surface area contributed by atoms with Gasteiger partial charge in [-0.25, -0.2) is 9.37 Å². The molecule has 8 nitrogen and oxygen atoms in total. The van der Waals surface area contributed by atoms with Gasteiger partial charge < -0.3 is 20.6 Å². The SMILES string of the molecule is CN(CCO)CC[C@H](Nc1ncc(Cl)c(Nc2cc(C3CC3)[nH]n2)n1)c1ccc(F)cc1. The maximum absolute atomic E-state index is 13.4. The van der Waals surface area contributed by atoms with Crippen LogP contribution >= 0.6 is 11.6 Å². The Morgan fingerprint density at radius 1 is 1.28 bits per heavy atom. The number of benzene rings is 1. The first kappa shape index (κ1) is 22.4. The number of halogens is 2. The van der Waals surface area contributed by atoms with Crippen LogP contribution in [0.1, 0.15) is 42.5 Å². The summed E-state index contributed by atoms with van der Waals surface area (Å²) in [4.78, 5) is 10.9. The third-order valence-corrected chi connectivity index (χ3v) is 5.74. The predicted molar refractivity (Wildman–Crippen MR) is 123 cm³/mol. The van der Waals surface area contributed by atoms with Gasteiger partial charge in [0.15, 0.2) is 11.6 Å². The van der Waals surface area contributed by atoms with E-state index in [9.17, 15) is 4.39 Å². The summed E-state index contributed by atoms with van der Waals surface area (Å²) in [6.07, 6.45) is 4.61. The summed E-state index contributed by atoms with van der Waals surface area (Å²) in [7, 11) is 1.94. The maximum atomic E-state index is 13.4. The number of nitrogens with one attached hydrogen (secondary N) is 3. The van der Waals surface area contributed by atoms with Gasteiger partial charge in [0, 0.05) is 30.8 Å². The molecule has 1 atom stereocenters. The van der Waals surface area contributed by atoms with Crippen LogP contribution in [-0.4, -0.2) is 56.9 Å². The highest BCUT2D eigenvalue weighted by Crippen LogP contribution is 2.39. The summed E-state index contributed by atoms with van der Waals surface area (Å²) in [5.41, 5.74) is 2.03. The second-order valence-electron chi connectivity index (χ2n) is 8.06. The van der Waals surface area contributed by atoms with Gasteiger partial charge in [-0.15, -0.1) is 0 Å². The molecule has 170 valence electrons.